The van der Waals surface area contributed by atoms with E-state index >= 15 is 0 Å². The molecule has 3 aromatic rings. The molecule has 1 heterocycles. The minimum atomic E-state index is 0.0551. The van der Waals surface area contributed by atoms with Crippen LogP contribution in [0.5, 0.6) is 0 Å². The van der Waals surface area contributed by atoms with E-state index in [2.05, 4.69) is 0 Å². The summed E-state index contributed by atoms with van der Waals surface area (Å²) < 4.78 is 1.92. The average molecular weight is 376 g/mol. The number of carbonyl (C=O) groups is 1. The van der Waals surface area contributed by atoms with E-state index in [1.807, 2.05) is 53.6 Å². The van der Waals surface area contributed by atoms with Gasteiger partial charge in [-0.2, -0.15) is 0 Å². The van der Waals surface area contributed by atoms with Crippen molar-refractivity contribution >= 4 is 40.1 Å². The van der Waals surface area contributed by atoms with Gasteiger partial charge in [0.1, 0.15) is 12.4 Å². The predicted octanol–water partition coefficient (Wildman–Crippen LogP) is 4.88. The number of carbonyl (C=O) groups excluding carboxylic acids is 1. The van der Waals surface area contributed by atoms with Gasteiger partial charge in [0.15, 0.2) is 0 Å². The summed E-state index contributed by atoms with van der Waals surface area (Å²) in [5.74, 6) is 0.725. The van der Waals surface area contributed by atoms with Gasteiger partial charge in [-0.1, -0.05) is 35.3 Å². The van der Waals surface area contributed by atoms with Crippen LogP contribution in [-0.4, -0.2) is 33.4 Å². The van der Waals surface area contributed by atoms with Crippen molar-refractivity contribution in [2.45, 2.75) is 20.4 Å². The number of hydrogen-bond donors (Lipinski definition) is 0. The largest absolute Gasteiger partial charge is 0.342 e. The molecule has 4 nitrogen and oxygen atoms in total. The first-order valence-corrected chi connectivity index (χ1v) is 8.99. The highest BCUT2D eigenvalue weighted by molar-refractivity contribution is 6.36. The number of fused-ring (bicyclic) bond motifs is 1. The second kappa shape index (κ2) is 7.46. The first-order valence-electron chi connectivity index (χ1n) is 8.23. The molecule has 0 aliphatic heterocycles. The standard InChI is InChI=1S/C19H19Cl2N3O/c1-3-23(4-2)18(25)12-24-17-8-6-5-7-16(17)22-19(24)14-10-9-13(20)11-15(14)21/h5-11H,3-4,12H2,1-2H3. The van der Waals surface area contributed by atoms with Gasteiger partial charge in [-0.15, -0.1) is 0 Å². The van der Waals surface area contributed by atoms with Crippen LogP contribution in [0.3, 0.4) is 0 Å². The molecule has 0 aliphatic rings. The lowest BCUT2D eigenvalue weighted by Crippen LogP contribution is -2.33. The first kappa shape index (κ1) is 17.8. The third kappa shape index (κ3) is 3.51. The Hall–Kier alpha value is -2.04. The van der Waals surface area contributed by atoms with Crippen LogP contribution in [0, 0.1) is 0 Å². The molecule has 1 aromatic heterocycles. The smallest absolute Gasteiger partial charge is 0.242 e. The molecular weight excluding hydrogens is 357 g/mol. The molecule has 3 rings (SSSR count). The van der Waals surface area contributed by atoms with Gasteiger partial charge < -0.3 is 9.47 Å². The van der Waals surface area contributed by atoms with Crippen molar-refractivity contribution in [2.24, 2.45) is 0 Å². The molecule has 0 radical (unpaired) electrons. The van der Waals surface area contributed by atoms with E-state index in [0.717, 1.165) is 16.6 Å². The number of aromatic nitrogens is 2. The fourth-order valence-electron chi connectivity index (χ4n) is 2.92. The molecule has 130 valence electrons. The lowest BCUT2D eigenvalue weighted by molar-refractivity contribution is -0.131. The van der Waals surface area contributed by atoms with Crippen molar-refractivity contribution in [3.05, 3.63) is 52.5 Å². The zero-order chi connectivity index (χ0) is 18.0. The number of para-hydroxylation sites is 2. The van der Waals surface area contributed by atoms with E-state index in [1.54, 1.807) is 12.1 Å². The number of benzene rings is 2. The third-order valence-electron chi connectivity index (χ3n) is 4.24. The summed E-state index contributed by atoms with van der Waals surface area (Å²) in [4.78, 5) is 19.2. The molecule has 0 atom stereocenters. The maximum atomic E-state index is 12.7. The zero-order valence-electron chi connectivity index (χ0n) is 14.2. The average Bonchev–Trinajstić information content (AvgIpc) is 2.94. The zero-order valence-corrected chi connectivity index (χ0v) is 15.7. The van der Waals surface area contributed by atoms with Gasteiger partial charge in [-0.25, -0.2) is 4.98 Å². The van der Waals surface area contributed by atoms with Crippen LogP contribution in [0.2, 0.25) is 10.0 Å². The summed E-state index contributed by atoms with van der Waals surface area (Å²) in [6, 6.07) is 13.1. The van der Waals surface area contributed by atoms with Crippen LogP contribution in [-0.2, 0) is 11.3 Å². The molecule has 0 saturated heterocycles. The van der Waals surface area contributed by atoms with Crippen molar-refractivity contribution in [1.82, 2.24) is 14.5 Å². The van der Waals surface area contributed by atoms with E-state index in [4.69, 9.17) is 28.2 Å². The summed E-state index contributed by atoms with van der Waals surface area (Å²) >= 11 is 12.4. The maximum Gasteiger partial charge on any atom is 0.242 e. The Labute approximate surface area is 157 Å². The van der Waals surface area contributed by atoms with Crippen molar-refractivity contribution in [3.63, 3.8) is 0 Å². The molecule has 0 aliphatic carbocycles. The Morgan fingerprint density at radius 3 is 2.52 bits per heavy atom. The van der Waals surface area contributed by atoms with Crippen LogP contribution in [0.25, 0.3) is 22.4 Å². The lowest BCUT2D eigenvalue weighted by Gasteiger charge is -2.20. The molecule has 0 N–H and O–H groups in total. The molecule has 0 spiro atoms. The molecule has 0 saturated carbocycles. The summed E-state index contributed by atoms with van der Waals surface area (Å²) in [5, 5.41) is 1.08. The molecular formula is C19H19Cl2N3O. The highest BCUT2D eigenvalue weighted by Gasteiger charge is 2.19. The number of imidazole rings is 1. The van der Waals surface area contributed by atoms with Gasteiger partial charge in [0, 0.05) is 23.7 Å². The van der Waals surface area contributed by atoms with Crippen molar-refractivity contribution in [3.8, 4) is 11.4 Å². The second-order valence-electron chi connectivity index (χ2n) is 5.70. The fraction of sp³-hybridized carbons (Fsp3) is 0.263. The minimum absolute atomic E-state index is 0.0551. The Balaban J connectivity index is 2.14. The van der Waals surface area contributed by atoms with Gasteiger partial charge in [0.2, 0.25) is 5.91 Å². The van der Waals surface area contributed by atoms with Crippen molar-refractivity contribution in [1.29, 1.82) is 0 Å². The maximum absolute atomic E-state index is 12.7. The van der Waals surface area contributed by atoms with Crippen LogP contribution < -0.4 is 0 Å². The number of nitrogens with zero attached hydrogens (tertiary/aromatic N) is 3. The van der Waals surface area contributed by atoms with Crippen molar-refractivity contribution in [2.75, 3.05) is 13.1 Å². The summed E-state index contributed by atoms with van der Waals surface area (Å²) in [7, 11) is 0. The Morgan fingerprint density at radius 1 is 1.12 bits per heavy atom. The summed E-state index contributed by atoms with van der Waals surface area (Å²) in [6.07, 6.45) is 0. The summed E-state index contributed by atoms with van der Waals surface area (Å²) in [6.45, 7) is 5.53. The molecule has 0 unspecified atom stereocenters. The molecule has 25 heavy (non-hydrogen) atoms. The number of amides is 1. The monoisotopic (exact) mass is 375 g/mol. The van der Waals surface area contributed by atoms with E-state index in [9.17, 15) is 4.79 Å². The molecule has 6 heteroatoms. The first-order chi connectivity index (χ1) is 12.0. The molecule has 1 amide bonds. The van der Waals surface area contributed by atoms with Gasteiger partial charge in [-0.3, -0.25) is 4.79 Å². The Bertz CT molecular complexity index is 916. The van der Waals surface area contributed by atoms with Crippen molar-refractivity contribution < 1.29 is 4.79 Å². The van der Waals surface area contributed by atoms with E-state index in [1.165, 1.54) is 0 Å². The van der Waals surface area contributed by atoms with E-state index in [-0.39, 0.29) is 12.5 Å². The minimum Gasteiger partial charge on any atom is -0.342 e. The lowest BCUT2D eigenvalue weighted by atomic mass is 10.2. The second-order valence-corrected chi connectivity index (χ2v) is 6.54. The number of likely N-dealkylation sites (N-methyl/N-ethyl adjacent to an activating group) is 1. The normalized spacial score (nSPS) is 11.0. The van der Waals surface area contributed by atoms with Gasteiger partial charge >= 0.3 is 0 Å². The highest BCUT2D eigenvalue weighted by atomic mass is 35.5. The van der Waals surface area contributed by atoms with Crippen LogP contribution in [0.4, 0.5) is 0 Å². The third-order valence-corrected chi connectivity index (χ3v) is 4.78. The number of hydrogen-bond acceptors (Lipinski definition) is 2. The number of rotatable bonds is 5. The van der Waals surface area contributed by atoms with Crippen LogP contribution >= 0.6 is 23.2 Å². The highest BCUT2D eigenvalue weighted by Crippen LogP contribution is 2.32. The quantitative estimate of drug-likeness (QED) is 0.637. The van der Waals surface area contributed by atoms with Gasteiger partial charge in [0.25, 0.3) is 0 Å². The van der Waals surface area contributed by atoms with Crippen LogP contribution in [0.1, 0.15) is 13.8 Å². The van der Waals surface area contributed by atoms with E-state index in [0.29, 0.717) is 29.0 Å². The molecule has 0 fully saturated rings. The fourth-order valence-corrected chi connectivity index (χ4v) is 3.42. The SMILES string of the molecule is CCN(CC)C(=O)Cn1c(-c2ccc(Cl)cc2Cl)nc2ccccc21. The number of halogens is 2. The Kier molecular flexibility index (Phi) is 5.30. The van der Waals surface area contributed by atoms with Gasteiger partial charge in [-0.05, 0) is 44.2 Å². The summed E-state index contributed by atoms with van der Waals surface area (Å²) in [5.41, 5.74) is 2.49. The van der Waals surface area contributed by atoms with Gasteiger partial charge in [0.05, 0.1) is 16.1 Å². The Morgan fingerprint density at radius 2 is 1.84 bits per heavy atom. The predicted molar refractivity (Wildman–Crippen MR) is 103 cm³/mol. The molecule has 0 bridgehead atoms. The molecule has 2 aromatic carbocycles. The van der Waals surface area contributed by atoms with Crippen LogP contribution in [0.15, 0.2) is 42.5 Å². The van der Waals surface area contributed by atoms with E-state index < -0.39 is 0 Å². The topological polar surface area (TPSA) is 38.1 Å².